The molecule has 21 heterocycles. The molecule has 11 aliphatic heterocycles. The fraction of sp³-hybridized carbons (Fsp3) is 0.508. The number of imidazole rings is 6. The third-order valence-corrected chi connectivity index (χ3v) is 30.0. The van der Waals surface area contributed by atoms with Gasteiger partial charge < -0.3 is 104 Å². The number of aromatic amines is 4. The average Bonchev–Trinajstić information content (AvgIpc) is 1.90. The molecular weight excluding hydrogens is 2030 g/mol. The van der Waals surface area contributed by atoms with Crippen molar-refractivity contribution in [3.8, 4) is 0 Å². The first-order valence-corrected chi connectivity index (χ1v) is 51.9. The summed E-state index contributed by atoms with van der Waals surface area (Å²) in [4.78, 5) is 195. The van der Waals surface area contributed by atoms with E-state index in [1.807, 2.05) is 0 Å². The highest BCUT2D eigenvalue weighted by Crippen LogP contribution is 2.60. The molecule has 0 spiro atoms. The van der Waals surface area contributed by atoms with Crippen molar-refractivity contribution in [2.45, 2.75) is 160 Å². The van der Waals surface area contributed by atoms with E-state index in [2.05, 4.69) is 84.8 Å². The van der Waals surface area contributed by atoms with Crippen LogP contribution in [0.1, 0.15) is 71.2 Å². The van der Waals surface area contributed by atoms with Gasteiger partial charge in [0.25, 0.3) is 16.7 Å². The summed E-state index contributed by atoms with van der Waals surface area (Å²) in [7, 11) is -15.5. The molecule has 0 amide bonds. The Labute approximate surface area is 769 Å². The molecule has 11 aliphatic rings. The van der Waals surface area contributed by atoms with E-state index >= 15 is 13.2 Å². The minimum atomic E-state index is -5.19. The van der Waals surface area contributed by atoms with Gasteiger partial charge in [0.05, 0.1) is 89.8 Å². The van der Waals surface area contributed by atoms with Crippen LogP contribution >= 0.6 is 43.6 Å². The highest BCUT2D eigenvalue weighted by atomic mass is 32.5. The number of Topliss-reactive ketones (excluding diaryl/α,β-unsaturated/α-hetero) is 2. The van der Waals surface area contributed by atoms with Crippen molar-refractivity contribution in [2.24, 2.45) is 15.1 Å². The topological polar surface area (TPSA) is 842 Å². The molecule has 0 radical (unpaired) electrons. The van der Waals surface area contributed by atoms with Crippen molar-refractivity contribution in [3.63, 3.8) is 0 Å². The van der Waals surface area contributed by atoms with Gasteiger partial charge in [-0.25, -0.2) is 66.8 Å². The van der Waals surface area contributed by atoms with Gasteiger partial charge in [-0.05, 0) is 41.0 Å². The number of aromatic nitrogens is 19. The number of nitrogens with zero attached hydrogens (tertiary/aromatic N) is 20. The largest absolute Gasteiger partial charge is 0.472 e. The number of halogens is 3. The second kappa shape index (κ2) is 37.0. The van der Waals surface area contributed by atoms with Crippen molar-refractivity contribution in [3.05, 3.63) is 113 Å². The molecule has 74 heteroatoms. The monoisotopic (exact) mass is 2100 g/mol. The number of anilines is 3. The molecule has 734 valence electrons. The smallest absolute Gasteiger partial charge is 0.387 e. The number of carbonyl (C=O) groups is 2. The number of aliphatic hydroxyl groups is 2. The van der Waals surface area contributed by atoms with Crippen LogP contribution < -0.4 is 39.3 Å². The third-order valence-electron chi connectivity index (χ3n) is 22.4. The quantitative estimate of drug-likeness (QED) is 0.0411. The van der Waals surface area contributed by atoms with Crippen LogP contribution in [0.3, 0.4) is 0 Å². The van der Waals surface area contributed by atoms with Crippen LogP contribution in [-0.2, 0) is 132 Å². The van der Waals surface area contributed by atoms with Crippen molar-refractivity contribution in [1.82, 2.24) is 92.2 Å². The molecule has 18 N–H and O–H groups in total. The second-order valence-corrected chi connectivity index (χ2v) is 43.5. The normalized spacial score (nSPS) is 37.9. The summed E-state index contributed by atoms with van der Waals surface area (Å²) in [5.74, 6) is -1.45. The predicted octanol–water partition coefficient (Wildman–Crippen LogP) is -0.583. The first-order valence-electron chi connectivity index (χ1n) is 39.7. The van der Waals surface area contributed by atoms with Crippen LogP contribution in [0.15, 0.2) is 84.5 Å². The summed E-state index contributed by atoms with van der Waals surface area (Å²) in [6.45, 7) is -17.5. The summed E-state index contributed by atoms with van der Waals surface area (Å²) >= 11 is 15.4. The zero-order valence-electron chi connectivity index (χ0n) is 68.1. The lowest BCUT2D eigenvalue weighted by molar-refractivity contribution is -0.0670. The van der Waals surface area contributed by atoms with E-state index in [-0.39, 0.29) is 110 Å². The van der Waals surface area contributed by atoms with E-state index in [1.165, 1.54) is 57.4 Å². The fourth-order valence-electron chi connectivity index (χ4n) is 16.3. The van der Waals surface area contributed by atoms with Gasteiger partial charge in [0.2, 0.25) is 23.3 Å². The van der Waals surface area contributed by atoms with Crippen LogP contribution in [0.4, 0.5) is 42.7 Å². The molecule has 9 saturated heterocycles. The Kier molecular flexibility index (Phi) is 26.0. The number of carbonyl (C=O) groups excluding carboxylic acids is 2. The average molecular weight is 2100 g/mol. The Morgan fingerprint density at radius 3 is 1.29 bits per heavy atom. The van der Waals surface area contributed by atoms with E-state index < -0.39 is 253 Å². The van der Waals surface area contributed by atoms with Crippen molar-refractivity contribution in [2.75, 3.05) is 56.8 Å². The molecule has 21 rings (SSSR count). The van der Waals surface area contributed by atoms with Crippen LogP contribution in [0.25, 0.3) is 55.1 Å². The number of phosphoric ester groups is 3. The highest BCUT2D eigenvalue weighted by molar-refractivity contribution is 8.07. The zero-order valence-corrected chi connectivity index (χ0v) is 75.9. The molecule has 9 fully saturated rings. The zero-order chi connectivity index (χ0) is 96.9. The number of hydrogen-bond donors (Lipinski definition) is 15. The number of aliphatic imine (C=N–C) groups is 2. The molecule has 0 aliphatic carbocycles. The summed E-state index contributed by atoms with van der Waals surface area (Å²) in [6, 6.07) is -0.278. The SMILES string of the molecule is Nc1nc2c(ncn2[C@@H]2O[C@@H]3COP(O)(=S)O[C@H]4[C@@H](F)[C@H](n5cnc6c5N=CCC6=O)O[C@@H]4COP(O)(=S)O[C@@H]2[C@@H]3O)c(=O)[nH]1.Nc1nc2c(ncn2[C@@H]2O[C@@H]3COP(O)(=S)O[C@H]4[C@H](F)[C@H](n5cnc6c5N=CCC6=O)O[C@@H]4COP(=O)(O)O[C@@H]2[C@@H]3F)c(=O)[nH]1.[N-]=[N+]=N[C@H]1[C@H]2OP(=O)(O)OC[C@H]3O[C@@H](n4cnc5c(=O)cc[nH]c54)[C@H](O)[C@@H]3OP(=O)(O)OC[C@H]1O[C@H]2n1cnc2c(=O)[nH]c(N)nc21. The number of H-pyrrole nitrogens is 4. The van der Waals surface area contributed by atoms with Gasteiger partial charge in [-0.2, -0.15) is 15.0 Å². The number of nitrogens with one attached hydrogen (secondary N) is 4. The summed E-state index contributed by atoms with van der Waals surface area (Å²) < 4.78 is 194. The highest BCUT2D eigenvalue weighted by Gasteiger charge is 2.60. The van der Waals surface area contributed by atoms with E-state index in [9.17, 15) is 87.6 Å². The number of hydrogen-bond acceptors (Lipinski definition) is 47. The van der Waals surface area contributed by atoms with Gasteiger partial charge in [-0.1, -0.05) is 5.11 Å². The molecule has 0 saturated carbocycles. The summed E-state index contributed by atoms with van der Waals surface area (Å²) in [5.41, 5.74) is 23.1. The van der Waals surface area contributed by atoms with Crippen molar-refractivity contribution < 1.29 is 159 Å². The Morgan fingerprint density at radius 1 is 0.431 bits per heavy atom. The molecular formula is C63H68F3N27O35P6S3. The molecule has 6 unspecified atom stereocenters. The number of nitrogens with two attached hydrogens (primary N) is 3. The number of alkyl halides is 3. The van der Waals surface area contributed by atoms with Crippen LogP contribution in [0.5, 0.6) is 0 Å². The van der Waals surface area contributed by atoms with Gasteiger partial charge in [0, 0.05) is 42.4 Å². The number of phosphoric acid groups is 3. The molecule has 0 aromatic carbocycles. The fourth-order valence-corrected chi connectivity index (χ4v) is 23.4. The maximum Gasteiger partial charge on any atom is 0.472 e. The van der Waals surface area contributed by atoms with Gasteiger partial charge in [-0.3, -0.25) is 112 Å². The molecule has 6 bridgehead atoms. The number of ketones is 2. The number of ether oxygens (including phenoxy) is 6. The predicted molar refractivity (Wildman–Crippen MR) is 454 cm³/mol. The van der Waals surface area contributed by atoms with Crippen LogP contribution in [0.2, 0.25) is 0 Å². The van der Waals surface area contributed by atoms with Gasteiger partial charge in [0.15, 0.2) is 129 Å². The maximum atomic E-state index is 16.0. The standard InChI is InChI=1S/C21H22F2N8O11P2S.C21H23FN8O11P2S2.C21H23N11O13P2/c22-10-8-3-38-44(36,45)42-14-9(40-19(11(14)23)30-5-26-12-7(32)1-2-25-16(12)30)4-37-43(34,35)41-15(10)20(39-8)31-6-27-13-17(31)28-21(24)29-18(13)33;22-10-14-9(39-19(10)29-5-25-11-7(31)1-2-24-16(11)29)4-37-43(35,45)41-15-13(32)8(3-36-42(34,44)40-14)38-20(15)30-6-26-12-17(30)27-21(23)28-18(12)33;22-21-27-17-12(18(35)28-21)26-6-32(17)20-15-11(29-30-23)8(42-20)3-40-46(36,37)44-14-9(4-41-47(38,39)45-15)43-19(13(14)34)31-5-25-10-7(33)1-2-24-16(10)31/h2,5-6,8-11,14-15,19-20H,1,3-4H2,(H,34,35)(H,36,45)(H3,24,28,29,33);2,5-6,8-10,13-15,19-20,32H,1,3-4H2,(H,34,44)(H,35,45)(H3,23,27,28,33);1-2,5-6,8-9,11,13-15,19-20,34H,3-4H2,(H,24,33)(H,36,37)(H,38,39)(H3,22,27,28,35)/t8-,9-,10-,11+,14-,15-,19-,20-,44?;8-,9-,10-,13-,14-,15-,19-,20-,42?,43?;8-,9-,11-,13-,14-,15-,19-,20-/m111/s1. The Morgan fingerprint density at radius 2 is 0.803 bits per heavy atom. The Hall–Kier alpha value is -9.33. The van der Waals surface area contributed by atoms with E-state index in [0.29, 0.717) is 0 Å². The number of rotatable bonds is 7. The maximum absolute atomic E-state index is 16.0. The number of fused-ring (bicyclic) bond motifs is 15. The lowest BCUT2D eigenvalue weighted by atomic mass is 10.1. The molecule has 62 nitrogen and oxygen atoms in total. The van der Waals surface area contributed by atoms with Gasteiger partial charge in [-0.15, -0.1) is 0 Å². The van der Waals surface area contributed by atoms with Crippen LogP contribution in [-0.4, -0.2) is 305 Å². The lowest BCUT2D eigenvalue weighted by Crippen LogP contribution is -2.36. The van der Waals surface area contributed by atoms with E-state index in [0.717, 1.165) is 32.7 Å². The number of pyridine rings is 1. The Bertz CT molecular complexity index is 6920. The lowest BCUT2D eigenvalue weighted by Gasteiger charge is -2.27. The molecule has 10 aromatic rings. The number of nitrogen functional groups attached to an aromatic ring is 3. The first-order chi connectivity index (χ1) is 65.0. The van der Waals surface area contributed by atoms with E-state index in [4.69, 9.17) is 135 Å². The summed E-state index contributed by atoms with van der Waals surface area (Å²) in [6.07, 6.45) is -26.6. The summed E-state index contributed by atoms with van der Waals surface area (Å²) in [5, 5.41) is 25.9. The minimum absolute atomic E-state index is 0.000177. The number of aliphatic hydroxyl groups excluding tert-OH is 2. The van der Waals surface area contributed by atoms with Crippen LogP contribution in [0, 0.1) is 0 Å². The van der Waals surface area contributed by atoms with E-state index in [1.54, 1.807) is 0 Å². The Balaban J connectivity index is 0.000000132. The molecule has 30 atom stereocenters. The minimum Gasteiger partial charge on any atom is -0.387 e. The first kappa shape index (κ1) is 96.5. The third kappa shape index (κ3) is 18.8. The molecule has 137 heavy (non-hydrogen) atoms. The second-order valence-electron chi connectivity index (χ2n) is 30.9. The number of azide groups is 1. The van der Waals surface area contributed by atoms with Gasteiger partial charge in [0.1, 0.15) is 85.0 Å². The molecule has 10 aromatic heterocycles. The van der Waals surface area contributed by atoms with Gasteiger partial charge >= 0.3 is 43.6 Å². The van der Waals surface area contributed by atoms with Crippen molar-refractivity contribution >= 4 is 177 Å². The van der Waals surface area contributed by atoms with Crippen molar-refractivity contribution in [1.29, 1.82) is 0 Å².